The van der Waals surface area contributed by atoms with Crippen LogP contribution in [0.25, 0.3) is 0 Å². The Hall–Kier alpha value is -0.870. The molecule has 0 saturated heterocycles. The summed E-state index contributed by atoms with van der Waals surface area (Å²) in [7, 11) is 1.58. The van der Waals surface area contributed by atoms with Crippen molar-refractivity contribution in [2.24, 2.45) is 5.41 Å². The molecule has 0 aliphatic heterocycles. The van der Waals surface area contributed by atoms with Crippen molar-refractivity contribution in [1.29, 1.82) is 0 Å². The third-order valence-corrected chi connectivity index (χ3v) is 2.62. The molecule has 0 aromatic carbocycles. The number of carbonyl (C=O) groups is 1. The number of rotatable bonds is 9. The summed E-state index contributed by atoms with van der Waals surface area (Å²) < 4.78 is 15.2. The van der Waals surface area contributed by atoms with E-state index < -0.39 is 0 Å². The first-order valence-corrected chi connectivity index (χ1v) is 6.00. The lowest BCUT2D eigenvalue weighted by atomic mass is 9.82. The minimum Gasteiger partial charge on any atom is -0.466 e. The molecule has 4 heteroatoms. The summed E-state index contributed by atoms with van der Waals surface area (Å²) in [6.45, 7) is 6.89. The minimum atomic E-state index is -0.292. The molecule has 0 radical (unpaired) electrons. The van der Waals surface area contributed by atoms with Crippen molar-refractivity contribution in [3.8, 4) is 0 Å². The van der Waals surface area contributed by atoms with Crippen LogP contribution in [0, 0.1) is 5.41 Å². The second-order valence-electron chi connectivity index (χ2n) is 3.95. The molecule has 4 nitrogen and oxygen atoms in total. The van der Waals surface area contributed by atoms with Crippen molar-refractivity contribution < 1.29 is 19.0 Å². The molecule has 0 unspecified atom stereocenters. The lowest BCUT2D eigenvalue weighted by Crippen LogP contribution is -2.28. The molecule has 0 N–H and O–H groups in total. The van der Waals surface area contributed by atoms with E-state index in [0.717, 1.165) is 6.42 Å². The van der Waals surface area contributed by atoms with E-state index in [9.17, 15) is 4.79 Å². The van der Waals surface area contributed by atoms with Gasteiger partial charge in [-0.2, -0.15) is 0 Å². The molecule has 1 atom stereocenters. The van der Waals surface area contributed by atoms with Gasteiger partial charge in [-0.25, -0.2) is 0 Å². The summed E-state index contributed by atoms with van der Waals surface area (Å²) in [4.78, 5) is 11.6. The third-order valence-electron chi connectivity index (χ3n) is 2.62. The maximum Gasteiger partial charge on any atom is 0.306 e. The van der Waals surface area contributed by atoms with Crippen molar-refractivity contribution in [1.82, 2.24) is 0 Å². The van der Waals surface area contributed by atoms with Gasteiger partial charge in [0.1, 0.15) is 6.79 Å². The molecule has 0 aliphatic carbocycles. The van der Waals surface area contributed by atoms with Crippen LogP contribution < -0.4 is 0 Å². The lowest BCUT2D eigenvalue weighted by molar-refractivity contribution is -0.147. The van der Waals surface area contributed by atoms with Crippen molar-refractivity contribution >= 4 is 5.97 Å². The lowest BCUT2D eigenvalue weighted by Gasteiger charge is -2.28. The van der Waals surface area contributed by atoms with Gasteiger partial charge in [0.2, 0.25) is 0 Å². The zero-order chi connectivity index (χ0) is 13.1. The van der Waals surface area contributed by atoms with Crippen LogP contribution in [0.2, 0.25) is 0 Å². The molecule has 0 spiro atoms. The number of methoxy groups -OCH3 is 1. The van der Waals surface area contributed by atoms with Gasteiger partial charge in [0.15, 0.2) is 0 Å². The molecule has 0 rings (SSSR count). The van der Waals surface area contributed by atoms with Crippen LogP contribution in [-0.2, 0) is 19.0 Å². The highest BCUT2D eigenvalue weighted by atomic mass is 16.7. The van der Waals surface area contributed by atoms with Crippen LogP contribution in [0.3, 0.4) is 0 Å². The first-order chi connectivity index (χ1) is 8.14. The molecule has 0 aromatic heterocycles. The van der Waals surface area contributed by atoms with E-state index in [4.69, 9.17) is 14.2 Å². The van der Waals surface area contributed by atoms with Gasteiger partial charge < -0.3 is 14.2 Å². The van der Waals surface area contributed by atoms with Crippen molar-refractivity contribution in [3.63, 3.8) is 0 Å². The fraction of sp³-hybridized carbons (Fsp3) is 0.769. The van der Waals surface area contributed by atoms with Crippen LogP contribution >= 0.6 is 0 Å². The molecular formula is C13H24O4. The number of esters is 1. The normalized spacial score (nSPS) is 14.8. The van der Waals surface area contributed by atoms with Crippen LogP contribution in [0.1, 0.15) is 33.6 Å². The topological polar surface area (TPSA) is 44.8 Å². The van der Waals surface area contributed by atoms with Crippen molar-refractivity contribution in [2.75, 3.05) is 27.1 Å². The monoisotopic (exact) mass is 244 g/mol. The Balaban J connectivity index is 4.51. The molecule has 0 amide bonds. The fourth-order valence-corrected chi connectivity index (χ4v) is 1.68. The first kappa shape index (κ1) is 16.1. The van der Waals surface area contributed by atoms with Gasteiger partial charge in [-0.15, -0.1) is 0 Å². The van der Waals surface area contributed by atoms with Crippen molar-refractivity contribution in [3.05, 3.63) is 12.2 Å². The van der Waals surface area contributed by atoms with E-state index in [2.05, 4.69) is 0 Å². The maximum absolute atomic E-state index is 11.6. The van der Waals surface area contributed by atoms with Gasteiger partial charge in [0.25, 0.3) is 0 Å². The van der Waals surface area contributed by atoms with Crippen LogP contribution in [0.5, 0.6) is 0 Å². The largest absolute Gasteiger partial charge is 0.466 e. The predicted molar refractivity (Wildman–Crippen MR) is 66.6 cm³/mol. The third kappa shape index (κ3) is 6.44. The quantitative estimate of drug-likeness (QED) is 0.270. The van der Waals surface area contributed by atoms with Crippen LogP contribution in [0.4, 0.5) is 0 Å². The summed E-state index contributed by atoms with van der Waals surface area (Å²) in [5.41, 5.74) is -0.292. The second-order valence-corrected chi connectivity index (χ2v) is 3.95. The zero-order valence-corrected chi connectivity index (χ0v) is 11.3. The number of carbonyl (C=O) groups excluding carboxylic acids is 1. The molecule has 0 heterocycles. The molecule has 17 heavy (non-hydrogen) atoms. The summed E-state index contributed by atoms with van der Waals surface area (Å²) >= 11 is 0. The molecule has 100 valence electrons. The van der Waals surface area contributed by atoms with Gasteiger partial charge >= 0.3 is 5.97 Å². The Morgan fingerprint density at radius 1 is 1.35 bits per heavy atom. The van der Waals surface area contributed by atoms with Gasteiger partial charge in [0.05, 0.1) is 19.6 Å². The van der Waals surface area contributed by atoms with Crippen LogP contribution in [-0.4, -0.2) is 33.1 Å². The second kappa shape index (κ2) is 9.19. The highest BCUT2D eigenvalue weighted by molar-refractivity contribution is 5.70. The number of hydrogen-bond donors (Lipinski definition) is 0. The Kier molecular flexibility index (Phi) is 8.72. The molecule has 0 bridgehead atoms. The maximum atomic E-state index is 11.6. The van der Waals surface area contributed by atoms with E-state index in [0.29, 0.717) is 19.6 Å². The van der Waals surface area contributed by atoms with E-state index in [1.54, 1.807) is 7.11 Å². The highest BCUT2D eigenvalue weighted by Gasteiger charge is 2.29. The molecule has 0 fully saturated rings. The minimum absolute atomic E-state index is 0.187. The summed E-state index contributed by atoms with van der Waals surface area (Å²) in [6, 6.07) is 0. The molecular weight excluding hydrogens is 220 g/mol. The van der Waals surface area contributed by atoms with Crippen molar-refractivity contribution in [2.45, 2.75) is 33.6 Å². The van der Waals surface area contributed by atoms with E-state index in [1.807, 2.05) is 32.9 Å². The van der Waals surface area contributed by atoms with Gasteiger partial charge in [-0.1, -0.05) is 19.1 Å². The first-order valence-electron chi connectivity index (χ1n) is 6.00. The smallest absolute Gasteiger partial charge is 0.306 e. The number of hydrogen-bond acceptors (Lipinski definition) is 4. The predicted octanol–water partition coefficient (Wildman–Crippen LogP) is 2.53. The molecule has 0 aliphatic rings. The van der Waals surface area contributed by atoms with E-state index in [-0.39, 0.29) is 18.2 Å². The Bertz CT molecular complexity index is 238. The highest BCUT2D eigenvalue weighted by Crippen LogP contribution is 2.29. The van der Waals surface area contributed by atoms with E-state index >= 15 is 0 Å². The number of ether oxygens (including phenoxy) is 3. The van der Waals surface area contributed by atoms with Crippen LogP contribution in [0.15, 0.2) is 12.2 Å². The Morgan fingerprint density at radius 3 is 2.53 bits per heavy atom. The van der Waals surface area contributed by atoms with Gasteiger partial charge in [0, 0.05) is 12.5 Å². The fourth-order valence-electron chi connectivity index (χ4n) is 1.68. The molecule has 0 aromatic rings. The van der Waals surface area contributed by atoms with Gasteiger partial charge in [-0.05, 0) is 20.3 Å². The molecule has 0 saturated carbocycles. The average molecular weight is 244 g/mol. The average Bonchev–Trinajstić information content (AvgIpc) is 2.29. The summed E-state index contributed by atoms with van der Waals surface area (Å²) in [6.07, 6.45) is 5.11. The van der Waals surface area contributed by atoms with Gasteiger partial charge in [-0.3, -0.25) is 4.79 Å². The van der Waals surface area contributed by atoms with E-state index in [1.165, 1.54) is 0 Å². The standard InChI is InChI=1S/C13H24O4/c1-5-8-13(6-2,10-16-11-15-4)9-12(14)17-7-3/h5,8H,6-7,9-11H2,1-4H3/b8-5+/t13-/m1/s1. The number of allylic oxidation sites excluding steroid dienone is 1. The zero-order valence-electron chi connectivity index (χ0n) is 11.3. The Morgan fingerprint density at radius 2 is 2.06 bits per heavy atom. The SMILES string of the molecule is C/C=C/[C@@](CC)(COCOC)CC(=O)OCC. The summed E-state index contributed by atoms with van der Waals surface area (Å²) in [5.74, 6) is -0.187. The Labute approximate surface area is 104 Å². The summed E-state index contributed by atoms with van der Waals surface area (Å²) in [5, 5.41) is 0.